The minimum atomic E-state index is -0.460. The Bertz CT molecular complexity index is 772. The van der Waals surface area contributed by atoms with Gasteiger partial charge >= 0.3 is 5.97 Å². The molecule has 0 radical (unpaired) electrons. The fraction of sp³-hybridized carbons (Fsp3) is 0.421. The van der Waals surface area contributed by atoms with Crippen molar-refractivity contribution in [2.45, 2.75) is 26.2 Å². The molecule has 2 N–H and O–H groups in total. The van der Waals surface area contributed by atoms with E-state index in [0.29, 0.717) is 30.3 Å². The van der Waals surface area contributed by atoms with E-state index in [1.54, 1.807) is 23.9 Å². The zero-order chi connectivity index (χ0) is 18.4. The number of esters is 1. The number of halogens is 1. The Labute approximate surface area is 164 Å². The lowest BCUT2D eigenvalue weighted by Gasteiger charge is -2.12. The number of carbonyl (C=O) groups excluding carboxylic acids is 2. The van der Waals surface area contributed by atoms with Crippen molar-refractivity contribution in [3.05, 3.63) is 42.2 Å². The van der Waals surface area contributed by atoms with E-state index in [1.165, 1.54) is 0 Å². The molecule has 8 heteroatoms. The maximum Gasteiger partial charge on any atom is 0.358 e. The molecule has 1 atom stereocenters. The van der Waals surface area contributed by atoms with Crippen LogP contribution in [0.3, 0.4) is 0 Å². The number of rotatable bonds is 7. The van der Waals surface area contributed by atoms with E-state index >= 15 is 0 Å². The van der Waals surface area contributed by atoms with E-state index in [2.05, 4.69) is 15.7 Å². The molecule has 0 saturated carbocycles. The summed E-state index contributed by atoms with van der Waals surface area (Å²) >= 11 is 0. The van der Waals surface area contributed by atoms with Crippen molar-refractivity contribution >= 4 is 30.0 Å². The van der Waals surface area contributed by atoms with Crippen molar-refractivity contribution < 1.29 is 14.3 Å². The number of para-hydroxylation sites is 2. The van der Waals surface area contributed by atoms with Gasteiger partial charge in [-0.2, -0.15) is 5.10 Å². The van der Waals surface area contributed by atoms with Gasteiger partial charge in [0.15, 0.2) is 5.69 Å². The third-order valence-electron chi connectivity index (χ3n) is 4.44. The van der Waals surface area contributed by atoms with Gasteiger partial charge in [0.05, 0.1) is 18.0 Å². The van der Waals surface area contributed by atoms with E-state index in [4.69, 9.17) is 4.74 Å². The van der Waals surface area contributed by atoms with Crippen LogP contribution in [0, 0.1) is 5.92 Å². The highest BCUT2D eigenvalue weighted by atomic mass is 35.5. The third kappa shape index (κ3) is 5.55. The Kier molecular flexibility index (Phi) is 7.82. The average Bonchev–Trinajstić information content (AvgIpc) is 3.33. The molecule has 1 aliphatic heterocycles. The molecule has 1 fully saturated rings. The van der Waals surface area contributed by atoms with Crippen LogP contribution in [0.2, 0.25) is 0 Å². The maximum atomic E-state index is 12.3. The fourth-order valence-electron chi connectivity index (χ4n) is 3.06. The van der Waals surface area contributed by atoms with E-state index in [0.717, 1.165) is 25.9 Å². The van der Waals surface area contributed by atoms with Crippen LogP contribution in [0.5, 0.6) is 0 Å². The fourth-order valence-corrected chi connectivity index (χ4v) is 3.06. The quantitative estimate of drug-likeness (QED) is 0.708. The zero-order valence-electron chi connectivity index (χ0n) is 15.3. The minimum Gasteiger partial charge on any atom is -0.461 e. The molecule has 7 nitrogen and oxygen atoms in total. The van der Waals surface area contributed by atoms with Crippen molar-refractivity contribution in [3.8, 4) is 5.69 Å². The Morgan fingerprint density at radius 1 is 1.33 bits per heavy atom. The molecule has 1 saturated heterocycles. The summed E-state index contributed by atoms with van der Waals surface area (Å²) in [5.41, 5.74) is 1.61. The highest BCUT2D eigenvalue weighted by Crippen LogP contribution is 2.21. The van der Waals surface area contributed by atoms with Crippen LogP contribution in [0.25, 0.3) is 5.69 Å². The Balaban J connectivity index is 0.00000261. The number of hydrogen-bond acceptors (Lipinski definition) is 5. The van der Waals surface area contributed by atoms with Gasteiger partial charge < -0.3 is 15.4 Å². The first kappa shape index (κ1) is 20.9. The van der Waals surface area contributed by atoms with Crippen LogP contribution in [0.4, 0.5) is 5.69 Å². The molecule has 1 aliphatic rings. The monoisotopic (exact) mass is 392 g/mol. The van der Waals surface area contributed by atoms with Crippen LogP contribution in [-0.2, 0) is 9.53 Å². The number of hydrogen-bond donors (Lipinski definition) is 2. The van der Waals surface area contributed by atoms with Crippen LogP contribution in [0.1, 0.15) is 36.7 Å². The van der Waals surface area contributed by atoms with Crippen molar-refractivity contribution in [1.29, 1.82) is 0 Å². The maximum absolute atomic E-state index is 12.3. The summed E-state index contributed by atoms with van der Waals surface area (Å²) in [5, 5.41) is 10.5. The second-order valence-electron chi connectivity index (χ2n) is 6.33. The second kappa shape index (κ2) is 10.1. The average molecular weight is 393 g/mol. The molecule has 0 spiro atoms. The van der Waals surface area contributed by atoms with E-state index in [1.807, 2.05) is 24.3 Å². The normalized spacial score (nSPS) is 15.8. The number of amides is 1. The standard InChI is InChI=1S/C19H24N4O3.ClH/c1-2-26-19(25)16-10-12-23(22-16)17-6-4-3-5-15(17)21-18(24)8-7-14-9-11-20-13-14;/h3-6,10,12,14,20H,2,7-9,11,13H2,1H3,(H,21,24);1H. The first-order valence-corrected chi connectivity index (χ1v) is 9.00. The van der Waals surface area contributed by atoms with E-state index in [9.17, 15) is 9.59 Å². The minimum absolute atomic E-state index is 0. The van der Waals surface area contributed by atoms with Crippen LogP contribution >= 0.6 is 12.4 Å². The molecule has 1 unspecified atom stereocenters. The van der Waals surface area contributed by atoms with Gasteiger partial charge in [-0.15, -0.1) is 12.4 Å². The second-order valence-corrected chi connectivity index (χ2v) is 6.33. The Morgan fingerprint density at radius 3 is 2.89 bits per heavy atom. The Hall–Kier alpha value is -2.38. The molecule has 1 amide bonds. The predicted molar refractivity (Wildman–Crippen MR) is 106 cm³/mol. The smallest absolute Gasteiger partial charge is 0.358 e. The van der Waals surface area contributed by atoms with E-state index in [-0.39, 0.29) is 24.0 Å². The summed E-state index contributed by atoms with van der Waals surface area (Å²) in [5.74, 6) is 0.106. The molecule has 3 rings (SSSR count). The number of anilines is 1. The highest BCUT2D eigenvalue weighted by Gasteiger charge is 2.17. The lowest BCUT2D eigenvalue weighted by molar-refractivity contribution is -0.116. The molecule has 0 bridgehead atoms. The molecule has 2 aromatic rings. The lowest BCUT2D eigenvalue weighted by atomic mass is 10.0. The number of nitrogens with one attached hydrogen (secondary N) is 2. The Morgan fingerprint density at radius 2 is 2.15 bits per heavy atom. The first-order valence-electron chi connectivity index (χ1n) is 9.00. The van der Waals surface area contributed by atoms with Crippen LogP contribution in [-0.4, -0.2) is 41.4 Å². The summed E-state index contributed by atoms with van der Waals surface area (Å²) in [7, 11) is 0. The number of aromatic nitrogens is 2. The molecule has 0 aliphatic carbocycles. The largest absolute Gasteiger partial charge is 0.461 e. The molecular formula is C19H25ClN4O3. The summed E-state index contributed by atoms with van der Waals surface area (Å²) in [4.78, 5) is 24.1. The molecule has 146 valence electrons. The lowest BCUT2D eigenvalue weighted by Crippen LogP contribution is -2.16. The van der Waals surface area contributed by atoms with E-state index < -0.39 is 5.97 Å². The van der Waals surface area contributed by atoms with Crippen molar-refractivity contribution in [2.24, 2.45) is 5.92 Å². The highest BCUT2D eigenvalue weighted by molar-refractivity contribution is 5.93. The molecule has 1 aromatic heterocycles. The summed E-state index contributed by atoms with van der Waals surface area (Å²) in [6, 6.07) is 8.99. The van der Waals surface area contributed by atoms with Crippen LogP contribution < -0.4 is 10.6 Å². The van der Waals surface area contributed by atoms with Gasteiger partial charge in [-0.05, 0) is 57.0 Å². The zero-order valence-corrected chi connectivity index (χ0v) is 16.1. The number of benzene rings is 1. The molecule has 27 heavy (non-hydrogen) atoms. The summed E-state index contributed by atoms with van der Waals surface area (Å²) in [6.45, 7) is 4.08. The van der Waals surface area contributed by atoms with Gasteiger partial charge in [-0.3, -0.25) is 4.79 Å². The summed E-state index contributed by atoms with van der Waals surface area (Å²) < 4.78 is 6.54. The number of ether oxygens (including phenoxy) is 1. The van der Waals surface area contributed by atoms with Gasteiger partial charge in [0.2, 0.25) is 5.91 Å². The molecular weight excluding hydrogens is 368 g/mol. The van der Waals surface area contributed by atoms with Gasteiger partial charge in [0.25, 0.3) is 0 Å². The molecule has 1 aromatic carbocycles. The van der Waals surface area contributed by atoms with Gasteiger partial charge in [0.1, 0.15) is 0 Å². The predicted octanol–water partition coefficient (Wildman–Crippen LogP) is 2.80. The van der Waals surface area contributed by atoms with Gasteiger partial charge in [0, 0.05) is 12.6 Å². The first-order chi connectivity index (χ1) is 12.7. The number of carbonyl (C=O) groups is 2. The van der Waals surface area contributed by atoms with Crippen molar-refractivity contribution in [3.63, 3.8) is 0 Å². The van der Waals surface area contributed by atoms with Gasteiger partial charge in [-0.25, -0.2) is 9.48 Å². The number of nitrogens with zero attached hydrogens (tertiary/aromatic N) is 2. The van der Waals surface area contributed by atoms with Gasteiger partial charge in [-0.1, -0.05) is 12.1 Å². The van der Waals surface area contributed by atoms with Crippen molar-refractivity contribution in [2.75, 3.05) is 25.0 Å². The van der Waals surface area contributed by atoms with Crippen molar-refractivity contribution in [1.82, 2.24) is 15.1 Å². The third-order valence-corrected chi connectivity index (χ3v) is 4.44. The van der Waals surface area contributed by atoms with Crippen LogP contribution in [0.15, 0.2) is 36.5 Å². The SMILES string of the molecule is CCOC(=O)c1ccn(-c2ccccc2NC(=O)CCC2CCNC2)n1.Cl. The molecule has 2 heterocycles. The topological polar surface area (TPSA) is 85.2 Å². The summed E-state index contributed by atoms with van der Waals surface area (Å²) in [6.07, 6.45) is 4.19.